The van der Waals surface area contributed by atoms with Gasteiger partial charge in [-0.1, -0.05) is 11.6 Å². The summed E-state index contributed by atoms with van der Waals surface area (Å²) in [5.74, 6) is 0.895. The summed E-state index contributed by atoms with van der Waals surface area (Å²) in [6.45, 7) is 0. The molecule has 0 aliphatic carbocycles. The lowest BCUT2D eigenvalue weighted by Crippen LogP contribution is -1.77. The molecule has 4 nitrogen and oxygen atoms in total. The second-order valence-electron chi connectivity index (χ2n) is 3.61. The van der Waals surface area contributed by atoms with Gasteiger partial charge in [-0.25, -0.2) is 0 Å². The Balaban J connectivity index is 2.19. The van der Waals surface area contributed by atoms with E-state index in [1.807, 2.05) is 6.07 Å². The maximum Gasteiger partial charge on any atom is 0.185 e. The largest absolute Gasteiger partial charge is 0.453 e. The smallest absolute Gasteiger partial charge is 0.185 e. The van der Waals surface area contributed by atoms with Crippen LogP contribution in [0.25, 0.3) is 22.2 Å². The van der Waals surface area contributed by atoms with Gasteiger partial charge in [-0.15, -0.1) is 0 Å². The third-order valence-corrected chi connectivity index (χ3v) is 2.85. The molecule has 3 rings (SSSR count). The first-order valence-electron chi connectivity index (χ1n) is 4.96. The predicted molar refractivity (Wildman–Crippen MR) is 64.2 cm³/mol. The molecule has 0 fully saturated rings. The zero-order valence-electron chi connectivity index (χ0n) is 8.61. The molecule has 1 N–H and O–H groups in total. The van der Waals surface area contributed by atoms with Crippen molar-refractivity contribution < 1.29 is 9.21 Å². The zero-order valence-corrected chi connectivity index (χ0v) is 9.36. The number of benzene rings is 1. The Bertz CT molecular complexity index is 699. The second-order valence-corrected chi connectivity index (χ2v) is 4.02. The number of aldehydes is 1. The average Bonchev–Trinajstić information content (AvgIpc) is 2.97. The molecule has 0 radical (unpaired) electrons. The summed E-state index contributed by atoms with van der Waals surface area (Å²) < 4.78 is 5.34. The van der Waals surface area contributed by atoms with Gasteiger partial charge in [-0.3, -0.25) is 9.89 Å². The lowest BCUT2D eigenvalue weighted by atomic mass is 10.1. The van der Waals surface area contributed by atoms with E-state index in [0.29, 0.717) is 22.8 Å². The van der Waals surface area contributed by atoms with Gasteiger partial charge >= 0.3 is 0 Å². The number of rotatable bonds is 2. The number of aromatic amines is 1. The van der Waals surface area contributed by atoms with Gasteiger partial charge in [0.05, 0.1) is 16.7 Å². The molecule has 0 atom stereocenters. The number of fused-ring (bicyclic) bond motifs is 1. The van der Waals surface area contributed by atoms with Crippen molar-refractivity contribution in [1.29, 1.82) is 0 Å². The summed E-state index contributed by atoms with van der Waals surface area (Å²) in [5, 5.41) is 8.22. The van der Waals surface area contributed by atoms with Crippen LogP contribution in [-0.2, 0) is 0 Å². The third kappa shape index (κ3) is 1.62. The molecular formula is C12H7ClN2O2. The molecule has 0 bridgehead atoms. The molecule has 1 aromatic carbocycles. The minimum Gasteiger partial charge on any atom is -0.453 e. The Morgan fingerprint density at radius 2 is 2.24 bits per heavy atom. The number of H-pyrrole nitrogens is 1. The molecule has 0 unspecified atom stereocenters. The molecule has 2 aromatic heterocycles. The summed E-state index contributed by atoms with van der Waals surface area (Å²) >= 11 is 6.12. The maximum absolute atomic E-state index is 10.6. The molecule has 17 heavy (non-hydrogen) atoms. The Morgan fingerprint density at radius 3 is 3.00 bits per heavy atom. The van der Waals surface area contributed by atoms with Gasteiger partial charge in [0, 0.05) is 10.9 Å². The van der Waals surface area contributed by atoms with E-state index in [9.17, 15) is 4.79 Å². The number of carbonyl (C=O) groups excluding carboxylic acids is 1. The van der Waals surface area contributed by atoms with E-state index in [-0.39, 0.29) is 0 Å². The highest BCUT2D eigenvalue weighted by Gasteiger charge is 2.09. The van der Waals surface area contributed by atoms with Crippen LogP contribution in [0.15, 0.2) is 34.9 Å². The number of nitrogens with one attached hydrogen (secondary N) is 1. The first-order chi connectivity index (χ1) is 8.28. The molecule has 0 aliphatic rings. The highest BCUT2D eigenvalue weighted by atomic mass is 35.5. The number of carbonyl (C=O) groups is 1. The Labute approximate surface area is 101 Å². The number of hydrogen-bond donors (Lipinski definition) is 1. The van der Waals surface area contributed by atoms with Gasteiger partial charge in [-0.05, 0) is 24.3 Å². The van der Waals surface area contributed by atoms with Crippen molar-refractivity contribution in [3.63, 3.8) is 0 Å². The lowest BCUT2D eigenvalue weighted by Gasteiger charge is -1.99. The van der Waals surface area contributed by atoms with Gasteiger partial charge in [0.25, 0.3) is 0 Å². The molecule has 0 saturated heterocycles. The quantitative estimate of drug-likeness (QED) is 0.706. The Morgan fingerprint density at radius 1 is 1.35 bits per heavy atom. The highest BCUT2D eigenvalue weighted by Crippen LogP contribution is 2.30. The minimum atomic E-state index is 0.292. The number of nitrogens with zero attached hydrogens (tertiary/aromatic N) is 1. The van der Waals surface area contributed by atoms with E-state index in [4.69, 9.17) is 16.0 Å². The average molecular weight is 247 g/mol. The fraction of sp³-hybridized carbons (Fsp3) is 0. The van der Waals surface area contributed by atoms with Crippen molar-refractivity contribution in [2.24, 2.45) is 0 Å². The van der Waals surface area contributed by atoms with E-state index in [1.54, 1.807) is 24.4 Å². The summed E-state index contributed by atoms with van der Waals surface area (Å²) in [7, 11) is 0. The Hall–Kier alpha value is -2.07. The standard InChI is InChI=1S/C12H7ClN2O2/c13-10-3-7(4-11-9(10)5-14-15-11)12-2-1-8(6-16)17-12/h1-6H,(H,14,15). The monoisotopic (exact) mass is 246 g/mol. The van der Waals surface area contributed by atoms with E-state index in [2.05, 4.69) is 10.2 Å². The van der Waals surface area contributed by atoms with E-state index >= 15 is 0 Å². The maximum atomic E-state index is 10.6. The van der Waals surface area contributed by atoms with Crippen molar-refractivity contribution in [2.45, 2.75) is 0 Å². The number of aromatic nitrogens is 2. The van der Waals surface area contributed by atoms with Crippen LogP contribution in [-0.4, -0.2) is 16.5 Å². The van der Waals surface area contributed by atoms with E-state index in [0.717, 1.165) is 16.5 Å². The van der Waals surface area contributed by atoms with E-state index in [1.165, 1.54) is 0 Å². The minimum absolute atomic E-state index is 0.292. The van der Waals surface area contributed by atoms with Crippen molar-refractivity contribution in [1.82, 2.24) is 10.2 Å². The predicted octanol–water partition coefficient (Wildman–Crippen LogP) is 3.29. The van der Waals surface area contributed by atoms with Crippen molar-refractivity contribution in [3.05, 3.63) is 41.2 Å². The van der Waals surface area contributed by atoms with Crippen LogP contribution >= 0.6 is 11.6 Å². The summed E-state index contributed by atoms with van der Waals surface area (Å²) in [6, 6.07) is 7.01. The van der Waals surface area contributed by atoms with Crippen molar-refractivity contribution in [2.75, 3.05) is 0 Å². The molecule has 0 spiro atoms. The van der Waals surface area contributed by atoms with Crippen LogP contribution in [0.1, 0.15) is 10.6 Å². The van der Waals surface area contributed by atoms with Gasteiger partial charge in [0.15, 0.2) is 12.0 Å². The molecule has 0 aliphatic heterocycles. The summed E-state index contributed by atoms with van der Waals surface area (Å²) in [4.78, 5) is 10.6. The molecule has 2 heterocycles. The fourth-order valence-electron chi connectivity index (χ4n) is 1.72. The molecule has 5 heteroatoms. The molecule has 84 valence electrons. The fourth-order valence-corrected chi connectivity index (χ4v) is 1.99. The number of hydrogen-bond acceptors (Lipinski definition) is 3. The molecule has 3 aromatic rings. The zero-order chi connectivity index (χ0) is 11.8. The molecular weight excluding hydrogens is 240 g/mol. The van der Waals surface area contributed by atoms with Gasteiger partial charge < -0.3 is 4.42 Å². The normalized spacial score (nSPS) is 10.9. The lowest BCUT2D eigenvalue weighted by molar-refractivity contribution is 0.110. The number of furan rings is 1. The van der Waals surface area contributed by atoms with Crippen LogP contribution in [0.5, 0.6) is 0 Å². The van der Waals surface area contributed by atoms with Gasteiger partial charge in [0.2, 0.25) is 0 Å². The van der Waals surface area contributed by atoms with E-state index < -0.39 is 0 Å². The van der Waals surface area contributed by atoms with Crippen LogP contribution in [0, 0.1) is 0 Å². The third-order valence-electron chi connectivity index (χ3n) is 2.54. The van der Waals surface area contributed by atoms with Gasteiger partial charge in [0.1, 0.15) is 5.76 Å². The second kappa shape index (κ2) is 3.75. The van der Waals surface area contributed by atoms with Crippen molar-refractivity contribution >= 4 is 28.8 Å². The molecule has 0 saturated carbocycles. The number of halogens is 1. The highest BCUT2D eigenvalue weighted by molar-refractivity contribution is 6.35. The van der Waals surface area contributed by atoms with Crippen molar-refractivity contribution in [3.8, 4) is 11.3 Å². The Kier molecular flexibility index (Phi) is 2.23. The first kappa shape index (κ1) is 10.1. The summed E-state index contributed by atoms with van der Waals surface area (Å²) in [6.07, 6.45) is 2.33. The SMILES string of the molecule is O=Cc1ccc(-c2cc(Cl)c3cn[nH]c3c2)o1. The van der Waals surface area contributed by atoms with Gasteiger partial charge in [-0.2, -0.15) is 5.10 Å². The van der Waals surface area contributed by atoms with Crippen LogP contribution in [0.4, 0.5) is 0 Å². The van der Waals surface area contributed by atoms with Crippen LogP contribution in [0.3, 0.4) is 0 Å². The summed E-state index contributed by atoms with van der Waals surface area (Å²) in [5.41, 5.74) is 1.64. The molecule has 0 amide bonds. The topological polar surface area (TPSA) is 58.9 Å². The first-order valence-corrected chi connectivity index (χ1v) is 5.34. The van der Waals surface area contributed by atoms with Crippen LogP contribution < -0.4 is 0 Å². The van der Waals surface area contributed by atoms with Crippen LogP contribution in [0.2, 0.25) is 5.02 Å².